The molecule has 0 spiro atoms. The highest BCUT2D eigenvalue weighted by Crippen LogP contribution is 2.40. The van der Waals surface area contributed by atoms with Crippen LogP contribution in [-0.4, -0.2) is 34.3 Å². The number of carboxylic acid groups (broad SMARTS) is 1. The van der Waals surface area contributed by atoms with E-state index in [4.69, 9.17) is 11.5 Å². The summed E-state index contributed by atoms with van der Waals surface area (Å²) in [5.74, 6) is -1.80. The number of nitrogens with zero attached hydrogens (tertiary/aromatic N) is 2. The van der Waals surface area contributed by atoms with Gasteiger partial charge in [0.1, 0.15) is 5.56 Å². The van der Waals surface area contributed by atoms with Crippen molar-refractivity contribution in [2.75, 3.05) is 23.7 Å². The number of carboxylic acids is 1. The van der Waals surface area contributed by atoms with Gasteiger partial charge in [0.2, 0.25) is 5.43 Å². The van der Waals surface area contributed by atoms with Crippen molar-refractivity contribution < 1.29 is 14.3 Å². The van der Waals surface area contributed by atoms with E-state index in [0.29, 0.717) is 24.3 Å². The summed E-state index contributed by atoms with van der Waals surface area (Å²) >= 11 is 0. The van der Waals surface area contributed by atoms with Gasteiger partial charge in [-0.25, -0.2) is 9.18 Å². The molecule has 1 atom stereocenters. The number of aromatic nitrogens is 1. The molecule has 1 saturated heterocycles. The van der Waals surface area contributed by atoms with Gasteiger partial charge in [-0.1, -0.05) is 0 Å². The normalized spacial score (nSPS) is 20.1. The molecule has 5 N–H and O–H groups in total. The Bertz CT molecular complexity index is 1040. The third-order valence-electron chi connectivity index (χ3n) is 6.03. The first kappa shape index (κ1) is 18.7. The maximum atomic E-state index is 15.2. The Morgan fingerprint density at radius 1 is 1.32 bits per heavy atom. The lowest BCUT2D eigenvalue weighted by molar-refractivity contribution is 0.0695. The number of nitrogens with two attached hydrogens (primary N) is 2. The van der Waals surface area contributed by atoms with Crippen molar-refractivity contribution in [3.8, 4) is 0 Å². The van der Waals surface area contributed by atoms with Crippen LogP contribution < -0.4 is 21.8 Å². The molecule has 2 heterocycles. The topological polar surface area (TPSA) is 115 Å². The second-order valence-corrected chi connectivity index (χ2v) is 8.59. The van der Waals surface area contributed by atoms with E-state index in [9.17, 15) is 14.7 Å². The van der Waals surface area contributed by atoms with Gasteiger partial charge in [0.25, 0.3) is 0 Å². The Hall–Kier alpha value is -2.61. The Labute approximate surface area is 161 Å². The summed E-state index contributed by atoms with van der Waals surface area (Å²) in [6, 6.07) is 1.74. The van der Waals surface area contributed by atoms with E-state index in [-0.39, 0.29) is 34.1 Å². The number of pyridine rings is 1. The van der Waals surface area contributed by atoms with Gasteiger partial charge in [0, 0.05) is 30.9 Å². The van der Waals surface area contributed by atoms with E-state index in [0.717, 1.165) is 19.3 Å². The molecular weight excluding hydrogens is 363 g/mol. The van der Waals surface area contributed by atoms with Crippen molar-refractivity contribution in [1.29, 1.82) is 0 Å². The molecule has 1 unspecified atom stereocenters. The molecule has 28 heavy (non-hydrogen) atoms. The summed E-state index contributed by atoms with van der Waals surface area (Å²) < 4.78 is 16.9. The molecule has 2 fully saturated rings. The molecule has 1 aromatic heterocycles. The SMILES string of the molecule is CC(C)(N)C1CCN(c2cc3c(c(N)c2F)c(=O)c(C(=O)O)cn3C2CC2)C1. The second-order valence-electron chi connectivity index (χ2n) is 8.59. The first-order chi connectivity index (χ1) is 13.1. The number of nitrogen functional groups attached to an aromatic ring is 1. The van der Waals surface area contributed by atoms with Crippen LogP contribution in [0.3, 0.4) is 0 Å². The molecule has 7 nitrogen and oxygen atoms in total. The monoisotopic (exact) mass is 388 g/mol. The van der Waals surface area contributed by atoms with Crippen molar-refractivity contribution >= 4 is 28.2 Å². The van der Waals surface area contributed by atoms with Crippen LogP contribution >= 0.6 is 0 Å². The molecule has 2 aliphatic rings. The van der Waals surface area contributed by atoms with Crippen LogP contribution in [0.4, 0.5) is 15.8 Å². The van der Waals surface area contributed by atoms with Crippen molar-refractivity contribution in [2.24, 2.45) is 11.7 Å². The highest BCUT2D eigenvalue weighted by Gasteiger charge is 2.35. The fourth-order valence-corrected chi connectivity index (χ4v) is 4.12. The van der Waals surface area contributed by atoms with E-state index < -0.39 is 17.2 Å². The number of fused-ring (bicyclic) bond motifs is 1. The predicted octanol–water partition coefficient (Wildman–Crippen LogP) is 2.32. The molecule has 1 aliphatic carbocycles. The zero-order valence-corrected chi connectivity index (χ0v) is 16.0. The lowest BCUT2D eigenvalue weighted by Gasteiger charge is -2.28. The number of hydrogen-bond donors (Lipinski definition) is 3. The van der Waals surface area contributed by atoms with E-state index in [2.05, 4.69) is 0 Å². The molecular formula is C20H25FN4O3. The molecule has 0 amide bonds. The van der Waals surface area contributed by atoms with Gasteiger partial charge in [-0.05, 0) is 45.1 Å². The summed E-state index contributed by atoms with van der Waals surface area (Å²) in [6.07, 6.45) is 3.98. The molecule has 8 heteroatoms. The number of hydrogen-bond acceptors (Lipinski definition) is 5. The maximum Gasteiger partial charge on any atom is 0.341 e. The van der Waals surface area contributed by atoms with Crippen molar-refractivity contribution in [3.05, 3.63) is 33.9 Å². The second kappa shape index (κ2) is 6.20. The molecule has 4 rings (SSSR count). The van der Waals surface area contributed by atoms with Crippen LogP contribution in [0.15, 0.2) is 17.1 Å². The zero-order chi connectivity index (χ0) is 20.4. The first-order valence-electron chi connectivity index (χ1n) is 9.53. The van der Waals surface area contributed by atoms with E-state index in [1.54, 1.807) is 10.6 Å². The molecule has 1 aromatic carbocycles. The van der Waals surface area contributed by atoms with Crippen LogP contribution in [0.1, 0.15) is 49.5 Å². The minimum absolute atomic E-state index is 0.0528. The number of rotatable bonds is 4. The summed E-state index contributed by atoms with van der Waals surface area (Å²) in [7, 11) is 0. The number of carbonyl (C=O) groups is 1. The minimum Gasteiger partial charge on any atom is -0.477 e. The molecule has 0 bridgehead atoms. The molecule has 0 radical (unpaired) electrons. The fourth-order valence-electron chi connectivity index (χ4n) is 4.12. The van der Waals surface area contributed by atoms with Gasteiger partial charge in [0.05, 0.1) is 22.3 Å². The lowest BCUT2D eigenvalue weighted by Crippen LogP contribution is -2.42. The van der Waals surface area contributed by atoms with Crippen LogP contribution in [0, 0.1) is 11.7 Å². The Balaban J connectivity index is 1.91. The number of aromatic carboxylic acids is 1. The smallest absolute Gasteiger partial charge is 0.341 e. The Morgan fingerprint density at radius 3 is 2.54 bits per heavy atom. The first-order valence-corrected chi connectivity index (χ1v) is 9.53. The molecule has 150 valence electrons. The van der Waals surface area contributed by atoms with Crippen molar-refractivity contribution in [3.63, 3.8) is 0 Å². The number of benzene rings is 1. The van der Waals surface area contributed by atoms with Gasteiger partial charge < -0.3 is 26.0 Å². The standard InChI is InChI=1S/C20H25FN4O3/c1-20(2,23)10-5-6-24(8-10)14-7-13-15(17(22)16(14)21)18(26)12(19(27)28)9-25(13)11-3-4-11/h7,9-11H,3-6,8,22-23H2,1-2H3,(H,27,28). The average molecular weight is 388 g/mol. The number of halogens is 1. The summed E-state index contributed by atoms with van der Waals surface area (Å²) in [5.41, 5.74) is 11.3. The van der Waals surface area contributed by atoms with E-state index >= 15 is 4.39 Å². The van der Waals surface area contributed by atoms with E-state index in [1.807, 2.05) is 18.7 Å². The highest BCUT2D eigenvalue weighted by atomic mass is 19.1. The van der Waals surface area contributed by atoms with Gasteiger partial charge in [-0.15, -0.1) is 0 Å². The van der Waals surface area contributed by atoms with Crippen LogP contribution in [0.25, 0.3) is 10.9 Å². The maximum absolute atomic E-state index is 15.2. The summed E-state index contributed by atoms with van der Waals surface area (Å²) in [6.45, 7) is 5.18. The summed E-state index contributed by atoms with van der Waals surface area (Å²) in [4.78, 5) is 26.1. The fraction of sp³-hybridized carbons (Fsp3) is 0.500. The Kier molecular flexibility index (Phi) is 4.15. The van der Waals surface area contributed by atoms with Crippen LogP contribution in [0.5, 0.6) is 0 Å². The van der Waals surface area contributed by atoms with Crippen LogP contribution in [-0.2, 0) is 0 Å². The third-order valence-corrected chi connectivity index (χ3v) is 6.03. The quantitative estimate of drug-likeness (QED) is 0.693. The van der Waals surface area contributed by atoms with Gasteiger partial charge >= 0.3 is 5.97 Å². The molecule has 1 aliphatic heterocycles. The van der Waals surface area contributed by atoms with E-state index in [1.165, 1.54) is 6.20 Å². The van der Waals surface area contributed by atoms with Gasteiger partial charge in [0.15, 0.2) is 5.82 Å². The molecule has 1 saturated carbocycles. The van der Waals surface area contributed by atoms with Crippen molar-refractivity contribution in [1.82, 2.24) is 4.57 Å². The summed E-state index contributed by atoms with van der Waals surface area (Å²) in [5, 5.41) is 9.32. The minimum atomic E-state index is -1.34. The molecule has 2 aromatic rings. The lowest BCUT2D eigenvalue weighted by atomic mass is 9.88. The third kappa shape index (κ3) is 2.92. The largest absolute Gasteiger partial charge is 0.477 e. The van der Waals surface area contributed by atoms with Gasteiger partial charge in [-0.2, -0.15) is 0 Å². The average Bonchev–Trinajstić information content (AvgIpc) is 3.32. The number of anilines is 2. The highest BCUT2D eigenvalue weighted by molar-refractivity contribution is 5.99. The van der Waals surface area contributed by atoms with Crippen molar-refractivity contribution in [2.45, 2.75) is 44.7 Å². The van der Waals surface area contributed by atoms with Crippen LogP contribution in [0.2, 0.25) is 0 Å². The predicted molar refractivity (Wildman–Crippen MR) is 106 cm³/mol. The Morgan fingerprint density at radius 2 is 2.00 bits per heavy atom. The zero-order valence-electron chi connectivity index (χ0n) is 16.0. The van der Waals surface area contributed by atoms with Gasteiger partial charge in [-0.3, -0.25) is 4.79 Å².